The largest absolute Gasteiger partial charge is 0.388 e. The highest BCUT2D eigenvalue weighted by Gasteiger charge is 2.14. The summed E-state index contributed by atoms with van der Waals surface area (Å²) in [5, 5.41) is 18.7. The smallest absolute Gasteiger partial charge is 0.267 e. The molecule has 0 saturated carbocycles. The number of para-hydroxylation sites is 1. The molecular formula is C20H29N5O. The second kappa shape index (κ2) is 10.6. The van der Waals surface area contributed by atoms with E-state index in [1.54, 1.807) is 0 Å². The predicted octanol–water partition coefficient (Wildman–Crippen LogP) is 1.65. The number of nitrogens with zero attached hydrogens (tertiary/aromatic N) is 2. The molecular weight excluding hydrogens is 326 g/mol. The molecule has 0 atom stereocenters. The fourth-order valence-corrected chi connectivity index (χ4v) is 3.06. The van der Waals surface area contributed by atoms with Crippen molar-refractivity contribution in [2.75, 3.05) is 44.6 Å². The summed E-state index contributed by atoms with van der Waals surface area (Å²) in [7, 11) is 0. The van der Waals surface area contributed by atoms with Crippen molar-refractivity contribution in [3.8, 4) is 6.07 Å². The van der Waals surface area contributed by atoms with Crippen LogP contribution in [0.2, 0.25) is 0 Å². The van der Waals surface area contributed by atoms with Gasteiger partial charge in [-0.3, -0.25) is 9.69 Å². The van der Waals surface area contributed by atoms with Gasteiger partial charge in [0.25, 0.3) is 5.91 Å². The van der Waals surface area contributed by atoms with Crippen molar-refractivity contribution in [2.45, 2.75) is 26.7 Å². The Morgan fingerprint density at radius 3 is 2.50 bits per heavy atom. The first-order valence-electron chi connectivity index (χ1n) is 9.38. The van der Waals surface area contributed by atoms with E-state index < -0.39 is 0 Å². The normalized spacial score (nSPS) is 15.3. The van der Waals surface area contributed by atoms with Crippen LogP contribution in [0.25, 0.3) is 0 Å². The van der Waals surface area contributed by atoms with Gasteiger partial charge in [-0.25, -0.2) is 0 Å². The van der Waals surface area contributed by atoms with Crippen LogP contribution < -0.4 is 16.0 Å². The van der Waals surface area contributed by atoms with Crippen LogP contribution in [0.1, 0.15) is 25.0 Å². The molecule has 6 nitrogen and oxygen atoms in total. The highest BCUT2D eigenvalue weighted by Crippen LogP contribution is 2.23. The van der Waals surface area contributed by atoms with Crippen LogP contribution in [0.4, 0.5) is 5.69 Å². The van der Waals surface area contributed by atoms with Gasteiger partial charge in [0, 0.05) is 51.2 Å². The Morgan fingerprint density at radius 1 is 1.27 bits per heavy atom. The van der Waals surface area contributed by atoms with Crippen molar-refractivity contribution in [2.24, 2.45) is 0 Å². The van der Waals surface area contributed by atoms with Crippen LogP contribution in [0.5, 0.6) is 0 Å². The van der Waals surface area contributed by atoms with Crippen LogP contribution in [0.15, 0.2) is 30.0 Å². The molecule has 140 valence electrons. The molecule has 1 amide bonds. The predicted molar refractivity (Wildman–Crippen MR) is 105 cm³/mol. The molecule has 6 heteroatoms. The lowest BCUT2D eigenvalue weighted by molar-refractivity contribution is -0.112. The Labute approximate surface area is 156 Å². The average Bonchev–Trinajstić information content (AvgIpc) is 2.68. The molecule has 1 aromatic rings. The van der Waals surface area contributed by atoms with E-state index in [9.17, 15) is 10.1 Å². The second-order valence-electron chi connectivity index (χ2n) is 6.33. The van der Waals surface area contributed by atoms with Crippen LogP contribution in [-0.2, 0) is 17.6 Å². The summed E-state index contributed by atoms with van der Waals surface area (Å²) in [4.78, 5) is 14.9. The lowest BCUT2D eigenvalue weighted by Crippen LogP contribution is -2.45. The van der Waals surface area contributed by atoms with Gasteiger partial charge in [-0.05, 0) is 24.0 Å². The number of nitriles is 1. The number of benzene rings is 1. The summed E-state index contributed by atoms with van der Waals surface area (Å²) in [6, 6.07) is 8.02. The number of aryl methyl sites for hydroxylation is 2. The zero-order chi connectivity index (χ0) is 18.8. The first-order valence-corrected chi connectivity index (χ1v) is 9.38. The quantitative estimate of drug-likeness (QED) is 0.375. The first kappa shape index (κ1) is 20.0. The Kier molecular flexibility index (Phi) is 8.13. The third kappa shape index (κ3) is 5.58. The number of piperazine rings is 1. The zero-order valence-electron chi connectivity index (χ0n) is 15.8. The molecule has 0 aromatic heterocycles. The van der Waals surface area contributed by atoms with Gasteiger partial charge in [-0.2, -0.15) is 5.26 Å². The fraction of sp³-hybridized carbons (Fsp3) is 0.500. The summed E-state index contributed by atoms with van der Waals surface area (Å²) >= 11 is 0. The monoisotopic (exact) mass is 355 g/mol. The van der Waals surface area contributed by atoms with Gasteiger partial charge in [0.05, 0.1) is 0 Å². The van der Waals surface area contributed by atoms with E-state index in [1.807, 2.05) is 24.3 Å². The lowest BCUT2D eigenvalue weighted by atomic mass is 10.0. The molecule has 0 aliphatic carbocycles. The van der Waals surface area contributed by atoms with Gasteiger partial charge < -0.3 is 16.0 Å². The van der Waals surface area contributed by atoms with Crippen molar-refractivity contribution < 1.29 is 4.79 Å². The van der Waals surface area contributed by atoms with Crippen LogP contribution in [-0.4, -0.2) is 50.1 Å². The highest BCUT2D eigenvalue weighted by molar-refractivity contribution is 6.07. The van der Waals surface area contributed by atoms with Crippen molar-refractivity contribution in [1.82, 2.24) is 15.5 Å². The van der Waals surface area contributed by atoms with Gasteiger partial charge in [0.2, 0.25) is 0 Å². The molecule has 2 rings (SSSR count). The maximum absolute atomic E-state index is 12.5. The zero-order valence-corrected chi connectivity index (χ0v) is 15.8. The van der Waals surface area contributed by atoms with Crippen molar-refractivity contribution in [3.05, 3.63) is 41.1 Å². The minimum Gasteiger partial charge on any atom is -0.388 e. The maximum Gasteiger partial charge on any atom is 0.267 e. The number of carbonyl (C=O) groups is 1. The fourth-order valence-electron chi connectivity index (χ4n) is 3.06. The summed E-state index contributed by atoms with van der Waals surface area (Å²) in [6.07, 6.45) is 3.19. The van der Waals surface area contributed by atoms with Gasteiger partial charge in [0.15, 0.2) is 0 Å². The molecule has 1 aromatic carbocycles. The average molecular weight is 355 g/mol. The van der Waals surface area contributed by atoms with E-state index in [-0.39, 0.29) is 11.5 Å². The third-order valence-corrected chi connectivity index (χ3v) is 4.63. The summed E-state index contributed by atoms with van der Waals surface area (Å²) < 4.78 is 0. The van der Waals surface area contributed by atoms with E-state index in [0.717, 1.165) is 62.4 Å². The minimum absolute atomic E-state index is 0.0956. The van der Waals surface area contributed by atoms with E-state index in [0.29, 0.717) is 6.54 Å². The minimum atomic E-state index is -0.363. The molecule has 0 radical (unpaired) electrons. The maximum atomic E-state index is 12.5. The number of carbonyl (C=O) groups excluding carboxylic acids is 1. The molecule has 1 aliphatic heterocycles. The Bertz CT molecular complexity index is 649. The number of hydrogen-bond acceptors (Lipinski definition) is 5. The van der Waals surface area contributed by atoms with Crippen molar-refractivity contribution in [1.29, 1.82) is 5.26 Å². The molecule has 0 spiro atoms. The molecule has 1 aliphatic rings. The van der Waals surface area contributed by atoms with Crippen LogP contribution >= 0.6 is 0 Å². The Morgan fingerprint density at radius 2 is 1.92 bits per heavy atom. The summed E-state index contributed by atoms with van der Waals surface area (Å²) in [6.45, 7) is 9.82. The number of anilines is 1. The molecule has 1 fully saturated rings. The van der Waals surface area contributed by atoms with Gasteiger partial charge in [0.1, 0.15) is 11.6 Å². The molecule has 0 unspecified atom stereocenters. The molecule has 3 N–H and O–H groups in total. The third-order valence-electron chi connectivity index (χ3n) is 4.63. The van der Waals surface area contributed by atoms with Crippen LogP contribution in [0.3, 0.4) is 0 Å². The Hall–Kier alpha value is -2.36. The van der Waals surface area contributed by atoms with E-state index in [2.05, 4.69) is 34.7 Å². The van der Waals surface area contributed by atoms with E-state index in [4.69, 9.17) is 0 Å². The van der Waals surface area contributed by atoms with Gasteiger partial charge in [-0.15, -0.1) is 0 Å². The van der Waals surface area contributed by atoms with Gasteiger partial charge in [-0.1, -0.05) is 32.0 Å². The summed E-state index contributed by atoms with van der Waals surface area (Å²) in [5.74, 6) is -0.363. The SMILES string of the molecule is CCc1cccc(CC)c1NC(=O)/C(C#N)=C\NCCN1CCNCC1. The number of nitrogens with one attached hydrogen (secondary N) is 3. The molecule has 26 heavy (non-hydrogen) atoms. The lowest BCUT2D eigenvalue weighted by Gasteiger charge is -2.26. The van der Waals surface area contributed by atoms with Crippen LogP contribution in [0, 0.1) is 11.3 Å². The number of hydrogen-bond donors (Lipinski definition) is 3. The van der Waals surface area contributed by atoms with Crippen molar-refractivity contribution in [3.63, 3.8) is 0 Å². The standard InChI is InChI=1S/C20H29N5O/c1-3-16-6-5-7-17(4-2)19(16)24-20(26)18(14-21)15-23-10-13-25-11-8-22-9-12-25/h5-7,15,22-23H,3-4,8-13H2,1-2H3,(H,24,26)/b18-15-. The molecule has 0 bridgehead atoms. The highest BCUT2D eigenvalue weighted by atomic mass is 16.1. The number of rotatable bonds is 8. The number of amides is 1. The van der Waals surface area contributed by atoms with E-state index in [1.165, 1.54) is 6.20 Å². The molecule has 1 heterocycles. The van der Waals surface area contributed by atoms with Gasteiger partial charge >= 0.3 is 0 Å². The van der Waals surface area contributed by atoms with Crippen molar-refractivity contribution >= 4 is 11.6 Å². The Balaban J connectivity index is 1.95. The molecule has 1 saturated heterocycles. The second-order valence-corrected chi connectivity index (χ2v) is 6.33. The first-order chi connectivity index (χ1) is 12.7. The topological polar surface area (TPSA) is 80.2 Å². The van der Waals surface area contributed by atoms with E-state index >= 15 is 0 Å². The summed E-state index contributed by atoms with van der Waals surface area (Å²) in [5.41, 5.74) is 3.10.